The Hall–Kier alpha value is -5.00. The predicted octanol–water partition coefficient (Wildman–Crippen LogP) is 1.41. The summed E-state index contributed by atoms with van der Waals surface area (Å²) in [7, 11) is 0. The topological polar surface area (TPSA) is 254 Å². The number of amides is 5. The fourth-order valence-corrected chi connectivity index (χ4v) is 11.0. The minimum atomic E-state index is -1.56. The number of piperazine rings is 1. The van der Waals surface area contributed by atoms with E-state index in [-0.39, 0.29) is 61.5 Å². The summed E-state index contributed by atoms with van der Waals surface area (Å²) in [6, 6.07) is 4.30. The van der Waals surface area contributed by atoms with Crippen LogP contribution >= 0.6 is 11.3 Å². The van der Waals surface area contributed by atoms with Crippen molar-refractivity contribution in [2.45, 2.75) is 87.5 Å². The monoisotopic (exact) mass is 948 g/mol. The predicted molar refractivity (Wildman–Crippen MR) is 243 cm³/mol. The number of piperidine rings is 1. The molecule has 5 N–H and O–H groups in total. The van der Waals surface area contributed by atoms with Crippen molar-refractivity contribution in [2.75, 3.05) is 97.4 Å². The van der Waals surface area contributed by atoms with E-state index < -0.39 is 35.3 Å². The lowest BCUT2D eigenvalue weighted by molar-refractivity contribution is -0.139. The summed E-state index contributed by atoms with van der Waals surface area (Å²) in [5.41, 5.74) is 6.16. The number of nitrogens with one attached hydrogen (secondary N) is 2. The highest BCUT2D eigenvalue weighted by Crippen LogP contribution is 2.48. The van der Waals surface area contributed by atoms with Crippen molar-refractivity contribution in [3.8, 4) is 5.88 Å². The molecule has 3 fully saturated rings. The number of anilines is 1. The molecule has 1 saturated carbocycles. The van der Waals surface area contributed by atoms with Crippen molar-refractivity contribution >= 4 is 63.1 Å². The molecule has 2 aliphatic carbocycles. The van der Waals surface area contributed by atoms with Crippen LogP contribution < -0.4 is 21.1 Å². The van der Waals surface area contributed by atoms with Gasteiger partial charge in [0.25, 0.3) is 11.8 Å². The van der Waals surface area contributed by atoms with E-state index in [1.165, 1.54) is 4.88 Å². The van der Waals surface area contributed by atoms with Crippen LogP contribution in [0.25, 0.3) is 10.2 Å². The van der Waals surface area contributed by atoms with Crippen molar-refractivity contribution in [1.29, 1.82) is 0 Å². The summed E-state index contributed by atoms with van der Waals surface area (Å²) in [4.78, 5) is 91.2. The molecule has 0 radical (unpaired) electrons. The van der Waals surface area contributed by atoms with Gasteiger partial charge in [0.2, 0.25) is 23.6 Å². The van der Waals surface area contributed by atoms with Crippen LogP contribution in [0.5, 0.6) is 5.88 Å². The minimum absolute atomic E-state index is 0.00581. The molecular formula is C46H60N8O12S. The number of nitrogens with two attached hydrogens (primary N) is 1. The molecule has 0 spiro atoms. The summed E-state index contributed by atoms with van der Waals surface area (Å²) in [6.45, 7) is 5.56. The Morgan fingerprint density at radius 2 is 1.61 bits per heavy atom. The summed E-state index contributed by atoms with van der Waals surface area (Å²) in [6.07, 6.45) is 8.02. The SMILES string of the molecule is NC[C@](O)(C=O)C[C@H]1CCc2sc3ncnc(OC4CCC(N5CCN(C(=O)COCCOCCOCCOCCNc6cccc7c6C(=O)N(C6CCC(=O)NC6=O)C7=O)CC5)CC4)c3c21. The Bertz CT molecular complexity index is 2280. The van der Waals surface area contributed by atoms with Crippen LogP contribution in [0.4, 0.5) is 5.69 Å². The van der Waals surface area contributed by atoms with Crippen molar-refractivity contribution in [3.63, 3.8) is 0 Å². The first-order valence-electron chi connectivity index (χ1n) is 23.3. The largest absolute Gasteiger partial charge is 0.474 e. The van der Waals surface area contributed by atoms with E-state index in [2.05, 4.69) is 25.5 Å². The van der Waals surface area contributed by atoms with Gasteiger partial charge in [0.1, 0.15) is 35.5 Å². The third kappa shape index (κ3) is 11.3. The highest BCUT2D eigenvalue weighted by molar-refractivity contribution is 7.19. The molecule has 362 valence electrons. The highest BCUT2D eigenvalue weighted by atomic mass is 32.1. The zero-order chi connectivity index (χ0) is 46.9. The molecule has 67 heavy (non-hydrogen) atoms. The molecule has 20 nitrogen and oxygen atoms in total. The second-order valence-corrected chi connectivity index (χ2v) is 18.7. The van der Waals surface area contributed by atoms with E-state index in [1.807, 2.05) is 4.90 Å². The number of carbonyl (C=O) groups excluding carboxylic acids is 6. The van der Waals surface area contributed by atoms with E-state index in [0.29, 0.717) is 89.8 Å². The Labute approximate surface area is 392 Å². The second-order valence-electron chi connectivity index (χ2n) is 17.6. The zero-order valence-electron chi connectivity index (χ0n) is 37.6. The maximum Gasteiger partial charge on any atom is 0.264 e. The highest BCUT2D eigenvalue weighted by Gasteiger charge is 2.46. The average Bonchev–Trinajstić information content (AvgIpc) is 3.99. The molecule has 2 saturated heterocycles. The van der Waals surface area contributed by atoms with Gasteiger partial charge in [-0.15, -0.1) is 11.3 Å². The van der Waals surface area contributed by atoms with Crippen LogP contribution in [0.3, 0.4) is 0 Å². The van der Waals surface area contributed by atoms with E-state index >= 15 is 0 Å². The Morgan fingerprint density at radius 1 is 0.896 bits per heavy atom. The first-order valence-corrected chi connectivity index (χ1v) is 24.1. The molecule has 0 bridgehead atoms. The molecule has 3 atom stereocenters. The van der Waals surface area contributed by atoms with Gasteiger partial charge >= 0.3 is 0 Å². The summed E-state index contributed by atoms with van der Waals surface area (Å²) >= 11 is 1.64. The van der Waals surface area contributed by atoms with Gasteiger partial charge in [0.05, 0.1) is 62.8 Å². The molecule has 3 aromatic rings. The lowest BCUT2D eigenvalue weighted by Gasteiger charge is -2.41. The lowest BCUT2D eigenvalue weighted by atomic mass is 9.87. The van der Waals surface area contributed by atoms with E-state index in [9.17, 15) is 33.9 Å². The van der Waals surface area contributed by atoms with Crippen molar-refractivity contribution < 1.29 is 57.6 Å². The number of thiophene rings is 1. The van der Waals surface area contributed by atoms with Crippen LogP contribution in [0.15, 0.2) is 24.5 Å². The maximum absolute atomic E-state index is 13.2. The Morgan fingerprint density at radius 3 is 2.31 bits per heavy atom. The van der Waals surface area contributed by atoms with Gasteiger partial charge in [-0.05, 0) is 75.0 Å². The zero-order valence-corrected chi connectivity index (χ0v) is 38.4. The average molecular weight is 949 g/mol. The first-order chi connectivity index (χ1) is 32.6. The van der Waals surface area contributed by atoms with Crippen LogP contribution in [0.2, 0.25) is 0 Å². The molecule has 2 aromatic heterocycles. The second kappa shape index (κ2) is 22.4. The number of imide groups is 2. The maximum atomic E-state index is 13.2. The number of ether oxygens (including phenoxy) is 5. The van der Waals surface area contributed by atoms with Crippen molar-refractivity contribution in [1.82, 2.24) is 30.0 Å². The van der Waals surface area contributed by atoms with Crippen LogP contribution in [-0.4, -0.2) is 182 Å². The fraction of sp³-hybridized carbons (Fsp3) is 0.609. The molecule has 1 aromatic carbocycles. The van der Waals surface area contributed by atoms with Crippen LogP contribution in [-0.2, 0) is 44.5 Å². The first kappa shape index (κ1) is 48.5. The third-order valence-corrected chi connectivity index (χ3v) is 14.5. The Balaban J connectivity index is 0.640. The lowest BCUT2D eigenvalue weighted by Crippen LogP contribution is -2.54. The molecule has 21 heteroatoms. The van der Waals surface area contributed by atoms with Gasteiger partial charge in [-0.25, -0.2) is 9.97 Å². The molecule has 8 rings (SSSR count). The van der Waals surface area contributed by atoms with E-state index in [1.54, 1.807) is 35.9 Å². The van der Waals surface area contributed by atoms with Gasteiger partial charge in [0, 0.05) is 62.3 Å². The molecule has 1 unspecified atom stereocenters. The number of hydrogen-bond acceptors (Lipinski definition) is 18. The minimum Gasteiger partial charge on any atom is -0.474 e. The van der Waals surface area contributed by atoms with Gasteiger partial charge in [-0.1, -0.05) is 6.07 Å². The number of rotatable bonds is 23. The molecule has 5 amide bonds. The number of aldehydes is 1. The quantitative estimate of drug-likeness (QED) is 0.0596. The standard InChI is InChI=1S/C46H60N8O12S/c47-26-46(61,27-55)24-29-4-10-35-38(29)40-42(49-28-50-43(40)67-35)66-31-7-5-30(6-8-31)52-13-15-53(16-14-52)37(57)25-65-23-22-64-21-20-63-19-18-62-17-12-48-33-3-1-2-32-39(33)45(60)54(44(32)59)34-9-11-36(56)51-41(34)58/h1-3,27-31,34,48,61H,4-26,47H2,(H,51,56,58)/t29-,30?,31?,34?,46+/m1/s1. The number of aryl methyl sites for hydroxylation is 1. The number of fused-ring (bicyclic) bond motifs is 4. The van der Waals surface area contributed by atoms with Crippen LogP contribution in [0, 0.1) is 0 Å². The summed E-state index contributed by atoms with van der Waals surface area (Å²) in [5, 5.41) is 16.9. The van der Waals surface area contributed by atoms with Crippen molar-refractivity contribution in [2.24, 2.45) is 5.73 Å². The van der Waals surface area contributed by atoms with E-state index in [4.69, 9.17) is 29.4 Å². The smallest absolute Gasteiger partial charge is 0.264 e. The molecule has 5 aliphatic rings. The van der Waals surface area contributed by atoms with Gasteiger partial charge in [-0.3, -0.25) is 39.1 Å². The number of nitrogens with zero attached hydrogens (tertiary/aromatic N) is 5. The number of carbonyl (C=O) groups is 6. The van der Waals surface area contributed by atoms with Gasteiger partial charge in [-0.2, -0.15) is 0 Å². The number of hydrogen-bond donors (Lipinski definition) is 4. The fourth-order valence-electron chi connectivity index (χ4n) is 9.79. The number of aliphatic hydroxyl groups is 1. The normalized spacial score (nSPS) is 23.0. The molecule has 5 heterocycles. The summed E-state index contributed by atoms with van der Waals surface area (Å²) < 4.78 is 29.0. The van der Waals surface area contributed by atoms with Crippen LogP contribution in [0.1, 0.15) is 88.4 Å². The third-order valence-electron chi connectivity index (χ3n) is 13.3. The number of benzene rings is 1. The molecular weight excluding hydrogens is 889 g/mol. The van der Waals surface area contributed by atoms with Gasteiger partial charge < -0.3 is 49.5 Å². The number of aromatic nitrogens is 2. The van der Waals surface area contributed by atoms with Gasteiger partial charge in [0.15, 0.2) is 6.29 Å². The molecule has 3 aliphatic heterocycles. The summed E-state index contributed by atoms with van der Waals surface area (Å²) in [5.74, 6) is -1.67. The van der Waals surface area contributed by atoms with Crippen molar-refractivity contribution in [3.05, 3.63) is 46.1 Å². The Kier molecular flexibility index (Phi) is 16.2. The van der Waals surface area contributed by atoms with E-state index in [0.717, 1.165) is 72.3 Å².